The van der Waals surface area contributed by atoms with Crippen molar-refractivity contribution in [3.05, 3.63) is 34.1 Å². The van der Waals surface area contributed by atoms with Crippen LogP contribution in [0.5, 0.6) is 0 Å². The molecule has 0 aliphatic carbocycles. The highest BCUT2D eigenvalue weighted by Gasteiger charge is 2.17. The topological polar surface area (TPSA) is 29.1 Å². The van der Waals surface area contributed by atoms with E-state index in [4.69, 9.17) is 11.6 Å². The molecule has 94 valence electrons. The Balaban J connectivity index is 2.82. The van der Waals surface area contributed by atoms with E-state index in [0.717, 1.165) is 6.42 Å². The summed E-state index contributed by atoms with van der Waals surface area (Å²) in [6.07, 6.45) is 1.44. The van der Waals surface area contributed by atoms with Crippen molar-refractivity contribution < 1.29 is 9.18 Å². The fourth-order valence-electron chi connectivity index (χ4n) is 1.48. The molecule has 1 aromatic carbocycles. The molecule has 0 radical (unpaired) electrons. The first kappa shape index (κ1) is 14.5. The Labute approximate surface area is 114 Å². The molecule has 1 amide bonds. The van der Waals surface area contributed by atoms with Crippen LogP contribution in [-0.4, -0.2) is 17.8 Å². The SMILES string of the molecule is CCC(CCCl)NC(=O)c1c(F)cccc1Br. The fourth-order valence-corrected chi connectivity index (χ4v) is 2.27. The summed E-state index contributed by atoms with van der Waals surface area (Å²) in [5.74, 6) is -0.471. The van der Waals surface area contributed by atoms with Crippen LogP contribution >= 0.6 is 27.5 Å². The van der Waals surface area contributed by atoms with Gasteiger partial charge in [-0.25, -0.2) is 4.39 Å². The molecule has 0 bridgehead atoms. The van der Waals surface area contributed by atoms with Gasteiger partial charge in [0.15, 0.2) is 0 Å². The van der Waals surface area contributed by atoms with E-state index in [1.807, 2.05) is 6.92 Å². The minimum absolute atomic E-state index is 0.0218. The molecule has 0 heterocycles. The maximum Gasteiger partial charge on any atom is 0.255 e. The highest BCUT2D eigenvalue weighted by molar-refractivity contribution is 9.10. The average Bonchev–Trinajstić information content (AvgIpc) is 2.28. The number of rotatable bonds is 5. The number of halogens is 3. The molecule has 1 rings (SSSR count). The zero-order chi connectivity index (χ0) is 12.8. The molecule has 0 aromatic heterocycles. The third-order valence-corrected chi connectivity index (χ3v) is 3.35. The van der Waals surface area contributed by atoms with E-state index in [2.05, 4.69) is 21.2 Å². The first-order chi connectivity index (χ1) is 8.10. The lowest BCUT2D eigenvalue weighted by molar-refractivity contribution is 0.0930. The summed E-state index contributed by atoms with van der Waals surface area (Å²) < 4.78 is 14.0. The van der Waals surface area contributed by atoms with Gasteiger partial charge in [-0.1, -0.05) is 13.0 Å². The molecule has 17 heavy (non-hydrogen) atoms. The van der Waals surface area contributed by atoms with Crippen molar-refractivity contribution in [1.29, 1.82) is 0 Å². The second-order valence-electron chi connectivity index (χ2n) is 3.65. The van der Waals surface area contributed by atoms with Crippen molar-refractivity contribution >= 4 is 33.4 Å². The Kier molecular flexibility index (Phi) is 5.92. The molecule has 5 heteroatoms. The van der Waals surface area contributed by atoms with E-state index in [1.54, 1.807) is 12.1 Å². The summed E-state index contributed by atoms with van der Waals surface area (Å²) >= 11 is 8.80. The van der Waals surface area contributed by atoms with Gasteiger partial charge in [-0.15, -0.1) is 11.6 Å². The largest absolute Gasteiger partial charge is 0.349 e. The first-order valence-corrected chi connectivity index (χ1v) is 6.73. The normalized spacial score (nSPS) is 12.2. The smallest absolute Gasteiger partial charge is 0.255 e. The second-order valence-corrected chi connectivity index (χ2v) is 4.89. The summed E-state index contributed by atoms with van der Waals surface area (Å²) in [6.45, 7) is 1.95. The van der Waals surface area contributed by atoms with Crippen LogP contribution in [0.15, 0.2) is 22.7 Å². The molecule has 1 unspecified atom stereocenters. The van der Waals surface area contributed by atoms with Gasteiger partial charge in [0, 0.05) is 16.4 Å². The summed E-state index contributed by atoms with van der Waals surface area (Å²) in [5.41, 5.74) is 0.0422. The number of nitrogens with one attached hydrogen (secondary N) is 1. The Morgan fingerprint density at radius 3 is 2.82 bits per heavy atom. The Morgan fingerprint density at radius 2 is 2.29 bits per heavy atom. The molecule has 0 fully saturated rings. The predicted octanol–water partition coefficient (Wildman–Crippen LogP) is 3.73. The summed E-state index contributed by atoms with van der Waals surface area (Å²) in [4.78, 5) is 11.9. The van der Waals surface area contributed by atoms with E-state index in [1.165, 1.54) is 6.07 Å². The molecular formula is C12H14BrClFNO. The van der Waals surface area contributed by atoms with Gasteiger partial charge in [-0.05, 0) is 40.9 Å². The fraction of sp³-hybridized carbons (Fsp3) is 0.417. The predicted molar refractivity (Wildman–Crippen MR) is 71.0 cm³/mol. The maximum atomic E-state index is 13.5. The van der Waals surface area contributed by atoms with Crippen LogP contribution in [0.4, 0.5) is 4.39 Å². The number of carbonyl (C=O) groups is 1. The Hall–Kier alpha value is -0.610. The van der Waals surface area contributed by atoms with Crippen molar-refractivity contribution in [1.82, 2.24) is 5.32 Å². The molecule has 0 aliphatic heterocycles. The van der Waals surface area contributed by atoms with Crippen LogP contribution in [0, 0.1) is 5.82 Å². The molecule has 1 N–H and O–H groups in total. The second kappa shape index (κ2) is 6.97. The average molecular weight is 323 g/mol. The lowest BCUT2D eigenvalue weighted by Gasteiger charge is -2.16. The van der Waals surface area contributed by atoms with E-state index in [9.17, 15) is 9.18 Å². The van der Waals surface area contributed by atoms with Gasteiger partial charge in [-0.3, -0.25) is 4.79 Å². The van der Waals surface area contributed by atoms with Gasteiger partial charge in [0.25, 0.3) is 5.91 Å². The third-order valence-electron chi connectivity index (χ3n) is 2.48. The monoisotopic (exact) mass is 321 g/mol. The zero-order valence-electron chi connectivity index (χ0n) is 9.47. The van der Waals surface area contributed by atoms with Crippen molar-refractivity contribution in [2.45, 2.75) is 25.8 Å². The first-order valence-electron chi connectivity index (χ1n) is 5.41. The molecule has 0 spiro atoms. The van der Waals surface area contributed by atoms with Gasteiger partial charge in [-0.2, -0.15) is 0 Å². The van der Waals surface area contributed by atoms with E-state index in [0.29, 0.717) is 16.8 Å². The number of hydrogen-bond donors (Lipinski definition) is 1. The number of hydrogen-bond acceptors (Lipinski definition) is 1. The van der Waals surface area contributed by atoms with Crippen LogP contribution in [0.25, 0.3) is 0 Å². The minimum atomic E-state index is -0.530. The van der Waals surface area contributed by atoms with Crippen LogP contribution in [0.1, 0.15) is 30.1 Å². The Morgan fingerprint density at radius 1 is 1.59 bits per heavy atom. The molecule has 0 saturated heterocycles. The molecule has 2 nitrogen and oxygen atoms in total. The van der Waals surface area contributed by atoms with Crippen LogP contribution in [0.2, 0.25) is 0 Å². The minimum Gasteiger partial charge on any atom is -0.349 e. The van der Waals surface area contributed by atoms with Crippen LogP contribution in [0.3, 0.4) is 0 Å². The highest BCUT2D eigenvalue weighted by atomic mass is 79.9. The van der Waals surface area contributed by atoms with E-state index < -0.39 is 11.7 Å². The Bertz CT molecular complexity index is 380. The molecule has 1 atom stereocenters. The van der Waals surface area contributed by atoms with E-state index in [-0.39, 0.29) is 11.6 Å². The van der Waals surface area contributed by atoms with Crippen molar-refractivity contribution in [2.24, 2.45) is 0 Å². The van der Waals surface area contributed by atoms with Crippen molar-refractivity contribution in [3.63, 3.8) is 0 Å². The summed E-state index contributed by atoms with van der Waals surface area (Å²) in [6, 6.07) is 4.43. The van der Waals surface area contributed by atoms with Crippen LogP contribution in [-0.2, 0) is 0 Å². The van der Waals surface area contributed by atoms with Gasteiger partial charge in [0.05, 0.1) is 5.56 Å². The maximum absolute atomic E-state index is 13.5. The van der Waals surface area contributed by atoms with E-state index >= 15 is 0 Å². The third kappa shape index (κ3) is 3.96. The zero-order valence-corrected chi connectivity index (χ0v) is 11.8. The van der Waals surface area contributed by atoms with Gasteiger partial charge >= 0.3 is 0 Å². The molecule has 0 aliphatic rings. The summed E-state index contributed by atoms with van der Waals surface area (Å²) in [5, 5.41) is 2.77. The lowest BCUT2D eigenvalue weighted by atomic mass is 10.1. The summed E-state index contributed by atoms with van der Waals surface area (Å²) in [7, 11) is 0. The quantitative estimate of drug-likeness (QED) is 0.822. The van der Waals surface area contributed by atoms with Gasteiger partial charge in [0.2, 0.25) is 0 Å². The highest BCUT2D eigenvalue weighted by Crippen LogP contribution is 2.19. The molecule has 1 aromatic rings. The molecule has 0 saturated carbocycles. The number of benzene rings is 1. The van der Waals surface area contributed by atoms with Crippen LogP contribution < -0.4 is 5.32 Å². The lowest BCUT2D eigenvalue weighted by Crippen LogP contribution is -2.35. The van der Waals surface area contributed by atoms with Gasteiger partial charge < -0.3 is 5.32 Å². The van der Waals surface area contributed by atoms with Crippen molar-refractivity contribution in [3.8, 4) is 0 Å². The molecular weight excluding hydrogens is 308 g/mol. The van der Waals surface area contributed by atoms with Gasteiger partial charge in [0.1, 0.15) is 5.82 Å². The number of alkyl halides is 1. The number of carbonyl (C=O) groups excluding carboxylic acids is 1. The number of amides is 1. The standard InChI is InChI=1S/C12H14BrClFNO/c1-2-8(6-7-14)16-12(17)11-9(13)4-3-5-10(11)15/h3-5,8H,2,6-7H2,1H3,(H,16,17). The van der Waals surface area contributed by atoms with Crippen molar-refractivity contribution in [2.75, 3.05) is 5.88 Å².